The molecular weight excluding hydrogens is 408 g/mol. The number of halogens is 1. The van der Waals surface area contributed by atoms with E-state index in [9.17, 15) is 14.4 Å². The van der Waals surface area contributed by atoms with Gasteiger partial charge in [-0.1, -0.05) is 0 Å². The molecule has 140 valence electrons. The molecule has 0 bridgehead atoms. The van der Waals surface area contributed by atoms with Gasteiger partial charge in [0.05, 0.1) is 24.8 Å². The maximum Gasteiger partial charge on any atom is 0.329 e. The third-order valence-electron chi connectivity index (χ3n) is 3.44. The highest BCUT2D eigenvalue weighted by Crippen LogP contribution is 2.34. The van der Waals surface area contributed by atoms with Gasteiger partial charge < -0.3 is 19.5 Å². The molecule has 8 nitrogen and oxygen atoms in total. The Hall–Kier alpha value is -2.55. The van der Waals surface area contributed by atoms with Gasteiger partial charge in [0.1, 0.15) is 23.7 Å². The third kappa shape index (κ3) is 4.34. The van der Waals surface area contributed by atoms with Crippen LogP contribution < -0.4 is 14.8 Å². The summed E-state index contributed by atoms with van der Waals surface area (Å²) >= 11 is 3.41. The van der Waals surface area contributed by atoms with Crippen molar-refractivity contribution in [2.75, 3.05) is 26.9 Å². The maximum absolute atomic E-state index is 12.4. The number of urea groups is 1. The van der Waals surface area contributed by atoms with E-state index in [0.717, 1.165) is 4.90 Å². The SMILES string of the molecule is CCOc1cc(OCC)c(/C=C2/NC(=O)N(CC(=O)OC)C2=O)cc1Br. The Morgan fingerprint density at radius 1 is 1.19 bits per heavy atom. The Bertz CT molecular complexity index is 762. The number of ether oxygens (including phenoxy) is 3. The molecule has 1 saturated heterocycles. The maximum atomic E-state index is 12.4. The van der Waals surface area contributed by atoms with E-state index in [1.165, 1.54) is 13.2 Å². The van der Waals surface area contributed by atoms with Gasteiger partial charge in [-0.25, -0.2) is 9.69 Å². The van der Waals surface area contributed by atoms with E-state index < -0.39 is 24.5 Å². The number of rotatable bonds is 7. The summed E-state index contributed by atoms with van der Waals surface area (Å²) in [5, 5.41) is 2.45. The largest absolute Gasteiger partial charge is 0.493 e. The van der Waals surface area contributed by atoms with Crippen molar-refractivity contribution in [1.29, 1.82) is 0 Å². The predicted molar refractivity (Wildman–Crippen MR) is 96.7 cm³/mol. The topological polar surface area (TPSA) is 94.2 Å². The first-order chi connectivity index (χ1) is 12.4. The van der Waals surface area contributed by atoms with Gasteiger partial charge in [0.2, 0.25) is 0 Å². The van der Waals surface area contributed by atoms with Gasteiger partial charge in [0.25, 0.3) is 5.91 Å². The summed E-state index contributed by atoms with van der Waals surface area (Å²) in [5.41, 5.74) is 0.613. The number of nitrogens with zero attached hydrogens (tertiary/aromatic N) is 1. The fraction of sp³-hybridized carbons (Fsp3) is 0.353. The third-order valence-corrected chi connectivity index (χ3v) is 4.06. The molecule has 1 aliphatic rings. The van der Waals surface area contributed by atoms with Crippen molar-refractivity contribution in [3.63, 3.8) is 0 Å². The molecule has 1 aromatic carbocycles. The molecule has 1 aliphatic heterocycles. The number of imide groups is 1. The molecule has 9 heteroatoms. The first-order valence-corrected chi connectivity index (χ1v) is 8.71. The number of carbonyl (C=O) groups is 3. The molecule has 1 heterocycles. The Labute approximate surface area is 159 Å². The average Bonchev–Trinajstić information content (AvgIpc) is 2.86. The normalized spacial score (nSPS) is 15.2. The van der Waals surface area contributed by atoms with Crippen LogP contribution in [-0.4, -0.2) is 49.7 Å². The van der Waals surface area contributed by atoms with E-state index in [4.69, 9.17) is 9.47 Å². The number of esters is 1. The molecule has 0 aliphatic carbocycles. The monoisotopic (exact) mass is 426 g/mol. The summed E-state index contributed by atoms with van der Waals surface area (Å²) in [5.74, 6) is -0.200. The second-order valence-corrected chi connectivity index (χ2v) is 6.00. The Morgan fingerprint density at radius 3 is 2.46 bits per heavy atom. The number of methoxy groups -OCH3 is 1. The quantitative estimate of drug-likeness (QED) is 0.408. The summed E-state index contributed by atoms with van der Waals surface area (Å²) in [6.07, 6.45) is 1.49. The van der Waals surface area contributed by atoms with Crippen molar-refractivity contribution in [1.82, 2.24) is 10.2 Å². The van der Waals surface area contributed by atoms with Gasteiger partial charge in [-0.05, 0) is 41.9 Å². The predicted octanol–water partition coefficient (Wildman–Crippen LogP) is 2.31. The lowest BCUT2D eigenvalue weighted by Gasteiger charge is -2.13. The van der Waals surface area contributed by atoms with Gasteiger partial charge in [0, 0.05) is 11.6 Å². The average molecular weight is 427 g/mol. The molecule has 3 amide bonds. The molecule has 0 atom stereocenters. The van der Waals surface area contributed by atoms with Crippen LogP contribution in [0.15, 0.2) is 22.3 Å². The summed E-state index contributed by atoms with van der Waals surface area (Å²) in [7, 11) is 1.18. The fourth-order valence-electron chi connectivity index (χ4n) is 2.27. The Kier molecular flexibility index (Phi) is 6.62. The van der Waals surface area contributed by atoms with Crippen LogP contribution in [0.3, 0.4) is 0 Å². The molecule has 0 spiro atoms. The zero-order valence-electron chi connectivity index (χ0n) is 14.6. The molecule has 26 heavy (non-hydrogen) atoms. The van der Waals surface area contributed by atoms with Crippen LogP contribution in [0.25, 0.3) is 6.08 Å². The summed E-state index contributed by atoms with van der Waals surface area (Å²) in [6.45, 7) is 4.15. The lowest BCUT2D eigenvalue weighted by molar-refractivity contribution is -0.143. The molecule has 0 unspecified atom stereocenters. The summed E-state index contributed by atoms with van der Waals surface area (Å²) in [4.78, 5) is 36.5. The number of hydrogen-bond acceptors (Lipinski definition) is 6. The first kappa shape index (κ1) is 19.8. The smallest absolute Gasteiger partial charge is 0.329 e. The highest BCUT2D eigenvalue weighted by Gasteiger charge is 2.35. The van der Waals surface area contributed by atoms with Gasteiger partial charge in [-0.15, -0.1) is 0 Å². The molecule has 1 fully saturated rings. The number of benzene rings is 1. The lowest BCUT2D eigenvalue weighted by Crippen LogP contribution is -2.36. The molecule has 2 rings (SSSR count). The van der Waals surface area contributed by atoms with Crippen molar-refractivity contribution < 1.29 is 28.6 Å². The van der Waals surface area contributed by atoms with E-state index in [1.54, 1.807) is 12.1 Å². The van der Waals surface area contributed by atoms with Crippen molar-refractivity contribution in [3.8, 4) is 11.5 Å². The highest BCUT2D eigenvalue weighted by atomic mass is 79.9. The second kappa shape index (κ2) is 8.70. The van der Waals surface area contributed by atoms with Crippen LogP contribution in [0, 0.1) is 0 Å². The van der Waals surface area contributed by atoms with Crippen LogP contribution in [0.2, 0.25) is 0 Å². The van der Waals surface area contributed by atoms with Crippen molar-refractivity contribution in [3.05, 3.63) is 27.9 Å². The highest BCUT2D eigenvalue weighted by molar-refractivity contribution is 9.10. The minimum absolute atomic E-state index is 0.0379. The fourth-order valence-corrected chi connectivity index (χ4v) is 2.75. The van der Waals surface area contributed by atoms with Gasteiger partial charge in [-0.3, -0.25) is 9.59 Å². The van der Waals surface area contributed by atoms with Gasteiger partial charge in [-0.2, -0.15) is 0 Å². The van der Waals surface area contributed by atoms with E-state index in [-0.39, 0.29) is 5.70 Å². The van der Waals surface area contributed by atoms with E-state index >= 15 is 0 Å². The van der Waals surface area contributed by atoms with Crippen LogP contribution in [0.1, 0.15) is 19.4 Å². The lowest BCUT2D eigenvalue weighted by atomic mass is 10.1. The summed E-state index contributed by atoms with van der Waals surface area (Å²) < 4.78 is 16.3. The van der Waals surface area contributed by atoms with Crippen molar-refractivity contribution in [2.24, 2.45) is 0 Å². The van der Waals surface area contributed by atoms with E-state index in [2.05, 4.69) is 26.0 Å². The van der Waals surface area contributed by atoms with Crippen molar-refractivity contribution >= 4 is 39.9 Å². The van der Waals surface area contributed by atoms with Crippen molar-refractivity contribution in [2.45, 2.75) is 13.8 Å². The zero-order valence-corrected chi connectivity index (χ0v) is 16.2. The number of nitrogens with one attached hydrogen (secondary N) is 1. The molecule has 0 radical (unpaired) electrons. The summed E-state index contributed by atoms with van der Waals surface area (Å²) in [6, 6.07) is 2.75. The zero-order chi connectivity index (χ0) is 19.3. The molecule has 0 saturated carbocycles. The minimum Gasteiger partial charge on any atom is -0.493 e. The standard InChI is InChI=1S/C17H19BrN2O6/c1-4-25-13-8-14(26-5-2)11(18)6-10(13)7-12-16(22)20(17(23)19-12)9-15(21)24-3/h6-8H,4-5,9H2,1-3H3,(H,19,23)/b12-7+. The Balaban J connectivity index is 2.36. The first-order valence-electron chi connectivity index (χ1n) is 7.91. The second-order valence-electron chi connectivity index (χ2n) is 5.14. The van der Waals surface area contributed by atoms with E-state index in [0.29, 0.717) is 34.7 Å². The van der Waals surface area contributed by atoms with Crippen LogP contribution in [0.4, 0.5) is 4.79 Å². The van der Waals surface area contributed by atoms with E-state index in [1.807, 2.05) is 13.8 Å². The van der Waals surface area contributed by atoms with Gasteiger partial charge in [0.15, 0.2) is 0 Å². The molecule has 1 N–H and O–H groups in total. The van der Waals surface area contributed by atoms with Gasteiger partial charge >= 0.3 is 12.0 Å². The molecular formula is C17H19BrN2O6. The van der Waals surface area contributed by atoms with Crippen LogP contribution in [-0.2, 0) is 14.3 Å². The van der Waals surface area contributed by atoms with Crippen LogP contribution in [0.5, 0.6) is 11.5 Å². The number of hydrogen-bond donors (Lipinski definition) is 1. The number of amides is 3. The molecule has 0 aromatic heterocycles. The minimum atomic E-state index is -0.687. The van der Waals surface area contributed by atoms with Crippen LogP contribution >= 0.6 is 15.9 Å². The Morgan fingerprint density at radius 2 is 1.85 bits per heavy atom. The number of carbonyl (C=O) groups excluding carboxylic acids is 3. The molecule has 1 aromatic rings.